The second-order valence-electron chi connectivity index (χ2n) is 3.63. The molecule has 0 saturated carbocycles. The fraction of sp³-hybridized carbons (Fsp3) is 0.417. The lowest BCUT2D eigenvalue weighted by Gasteiger charge is -2.18. The third kappa shape index (κ3) is 3.75. The number of aliphatic carboxylic acids is 1. The Balaban J connectivity index is 2.75. The number of halogens is 1. The number of aliphatic hydroxyl groups excluding tert-OH is 1. The first-order valence-corrected chi connectivity index (χ1v) is 6.71. The Morgan fingerprint density at radius 3 is 2.44 bits per heavy atom. The first-order chi connectivity index (χ1) is 7.66. The molecule has 2 atom stereocenters. The van der Waals surface area contributed by atoms with Crippen LogP contribution in [0, 0.1) is 5.92 Å². The van der Waals surface area contributed by atoms with Crippen molar-refractivity contribution < 1.29 is 15.0 Å². The molecule has 0 aliphatic carbocycles. The summed E-state index contributed by atoms with van der Waals surface area (Å²) in [5.74, 6) is -1.64. The number of aliphatic hydroxyl groups is 1. The molecule has 0 bridgehead atoms. The SMILES string of the molecule is O=C(O)[C@H](CCCI)[C@@H](O)c1ccccc1. The summed E-state index contributed by atoms with van der Waals surface area (Å²) in [5, 5.41) is 19.1. The van der Waals surface area contributed by atoms with Crippen LogP contribution in [0.15, 0.2) is 30.3 Å². The van der Waals surface area contributed by atoms with Crippen LogP contribution in [0.1, 0.15) is 24.5 Å². The topological polar surface area (TPSA) is 57.5 Å². The minimum absolute atomic E-state index is 0.508. The summed E-state index contributed by atoms with van der Waals surface area (Å²) in [7, 11) is 0. The molecule has 0 saturated heterocycles. The monoisotopic (exact) mass is 334 g/mol. The van der Waals surface area contributed by atoms with E-state index in [1.165, 1.54) is 0 Å². The first-order valence-electron chi connectivity index (χ1n) is 5.18. The molecule has 0 aliphatic heterocycles. The van der Waals surface area contributed by atoms with E-state index >= 15 is 0 Å². The minimum Gasteiger partial charge on any atom is -0.481 e. The van der Waals surface area contributed by atoms with E-state index in [0.29, 0.717) is 12.0 Å². The molecule has 16 heavy (non-hydrogen) atoms. The van der Waals surface area contributed by atoms with E-state index in [1.807, 2.05) is 6.07 Å². The molecule has 0 fully saturated rings. The van der Waals surface area contributed by atoms with Gasteiger partial charge in [-0.25, -0.2) is 0 Å². The van der Waals surface area contributed by atoms with E-state index in [0.717, 1.165) is 10.8 Å². The molecule has 0 amide bonds. The Labute approximate surface area is 109 Å². The Morgan fingerprint density at radius 1 is 1.31 bits per heavy atom. The van der Waals surface area contributed by atoms with Crippen molar-refractivity contribution in [3.05, 3.63) is 35.9 Å². The molecule has 1 aromatic carbocycles. The summed E-state index contributed by atoms with van der Waals surface area (Å²) in [4.78, 5) is 11.1. The maximum absolute atomic E-state index is 11.1. The van der Waals surface area contributed by atoms with Crippen molar-refractivity contribution in [2.75, 3.05) is 4.43 Å². The van der Waals surface area contributed by atoms with Crippen LogP contribution in [0.4, 0.5) is 0 Å². The third-order valence-electron chi connectivity index (χ3n) is 2.49. The first kappa shape index (κ1) is 13.4. The summed E-state index contributed by atoms with van der Waals surface area (Å²) < 4.78 is 0.906. The predicted octanol–water partition coefficient (Wildman–Crippen LogP) is 2.64. The van der Waals surface area contributed by atoms with Gasteiger partial charge in [-0.15, -0.1) is 0 Å². The second-order valence-corrected chi connectivity index (χ2v) is 4.71. The highest BCUT2D eigenvalue weighted by atomic mass is 127. The van der Waals surface area contributed by atoms with Crippen molar-refractivity contribution >= 4 is 28.6 Å². The van der Waals surface area contributed by atoms with E-state index in [-0.39, 0.29) is 0 Å². The van der Waals surface area contributed by atoms with Crippen LogP contribution in [-0.2, 0) is 4.79 Å². The largest absolute Gasteiger partial charge is 0.481 e. The van der Waals surface area contributed by atoms with Gasteiger partial charge < -0.3 is 10.2 Å². The fourth-order valence-electron chi connectivity index (χ4n) is 1.60. The average molecular weight is 334 g/mol. The molecule has 0 aromatic heterocycles. The Kier molecular flexibility index (Phi) is 5.76. The van der Waals surface area contributed by atoms with Gasteiger partial charge in [-0.2, -0.15) is 0 Å². The summed E-state index contributed by atoms with van der Waals surface area (Å²) in [6, 6.07) is 8.96. The summed E-state index contributed by atoms with van der Waals surface area (Å²) >= 11 is 2.21. The number of carboxylic acids is 1. The van der Waals surface area contributed by atoms with Crippen LogP contribution < -0.4 is 0 Å². The van der Waals surface area contributed by atoms with Crippen molar-refractivity contribution in [2.45, 2.75) is 18.9 Å². The Morgan fingerprint density at radius 2 is 1.94 bits per heavy atom. The number of alkyl halides is 1. The lowest BCUT2D eigenvalue weighted by molar-refractivity contribution is -0.146. The van der Waals surface area contributed by atoms with Crippen LogP contribution in [0.2, 0.25) is 0 Å². The average Bonchev–Trinajstić information content (AvgIpc) is 2.30. The highest BCUT2D eigenvalue weighted by Gasteiger charge is 2.26. The molecule has 2 N–H and O–H groups in total. The molecule has 1 rings (SSSR count). The zero-order valence-electron chi connectivity index (χ0n) is 8.84. The highest BCUT2D eigenvalue weighted by molar-refractivity contribution is 14.1. The normalized spacial score (nSPS) is 14.4. The fourth-order valence-corrected chi connectivity index (χ4v) is 2.04. The van der Waals surface area contributed by atoms with Gasteiger partial charge in [-0.1, -0.05) is 52.9 Å². The quantitative estimate of drug-likeness (QED) is 0.621. The number of carboxylic acid groups (broad SMARTS) is 1. The number of rotatable bonds is 6. The van der Waals surface area contributed by atoms with Crippen LogP contribution >= 0.6 is 22.6 Å². The van der Waals surface area contributed by atoms with E-state index in [9.17, 15) is 9.90 Å². The highest BCUT2D eigenvalue weighted by Crippen LogP contribution is 2.26. The summed E-state index contributed by atoms with van der Waals surface area (Å²) in [5.41, 5.74) is 0.670. The molecule has 0 aliphatic rings. The number of benzene rings is 1. The maximum atomic E-state index is 11.1. The van der Waals surface area contributed by atoms with Gasteiger partial charge in [0.2, 0.25) is 0 Å². The smallest absolute Gasteiger partial charge is 0.309 e. The Bertz CT molecular complexity index is 326. The molecule has 1 aromatic rings. The van der Waals surface area contributed by atoms with E-state index in [1.54, 1.807) is 24.3 Å². The molecule has 0 spiro atoms. The number of hydrogen-bond donors (Lipinski definition) is 2. The van der Waals surface area contributed by atoms with Gasteiger partial charge in [0, 0.05) is 0 Å². The predicted molar refractivity (Wildman–Crippen MR) is 70.6 cm³/mol. The molecular weight excluding hydrogens is 319 g/mol. The van der Waals surface area contributed by atoms with Gasteiger partial charge in [0.15, 0.2) is 0 Å². The second kappa shape index (κ2) is 6.85. The molecule has 88 valence electrons. The van der Waals surface area contributed by atoms with E-state index in [4.69, 9.17) is 5.11 Å². The van der Waals surface area contributed by atoms with Gasteiger partial charge in [0.05, 0.1) is 12.0 Å². The molecular formula is C12H15IO3. The van der Waals surface area contributed by atoms with E-state index in [2.05, 4.69) is 22.6 Å². The zero-order valence-corrected chi connectivity index (χ0v) is 11.0. The van der Waals surface area contributed by atoms with Gasteiger partial charge in [-0.3, -0.25) is 4.79 Å². The molecule has 0 radical (unpaired) electrons. The molecule has 0 unspecified atom stereocenters. The number of carbonyl (C=O) groups is 1. The van der Waals surface area contributed by atoms with Gasteiger partial charge >= 0.3 is 5.97 Å². The lowest BCUT2D eigenvalue weighted by Crippen LogP contribution is -2.22. The van der Waals surface area contributed by atoms with Crippen molar-refractivity contribution in [1.29, 1.82) is 0 Å². The van der Waals surface area contributed by atoms with Crippen LogP contribution in [-0.4, -0.2) is 20.6 Å². The zero-order chi connectivity index (χ0) is 12.0. The van der Waals surface area contributed by atoms with Crippen molar-refractivity contribution in [3.8, 4) is 0 Å². The maximum Gasteiger partial charge on any atom is 0.309 e. The summed E-state index contributed by atoms with van der Waals surface area (Å²) in [6.07, 6.45) is 0.400. The van der Waals surface area contributed by atoms with Gasteiger partial charge in [-0.05, 0) is 22.8 Å². The lowest BCUT2D eigenvalue weighted by atomic mass is 9.92. The standard InChI is InChI=1S/C12H15IO3/c13-8-4-7-10(12(15)16)11(14)9-5-2-1-3-6-9/h1-3,5-6,10-11,14H,4,7-8H2,(H,15,16)/t10-,11+/m1/s1. The number of hydrogen-bond acceptors (Lipinski definition) is 2. The van der Waals surface area contributed by atoms with E-state index < -0.39 is 18.0 Å². The van der Waals surface area contributed by atoms with Crippen LogP contribution in [0.5, 0.6) is 0 Å². The summed E-state index contributed by atoms with van der Waals surface area (Å²) in [6.45, 7) is 0. The molecule has 4 heteroatoms. The van der Waals surface area contributed by atoms with Crippen LogP contribution in [0.3, 0.4) is 0 Å². The minimum atomic E-state index is -0.929. The van der Waals surface area contributed by atoms with Crippen molar-refractivity contribution in [1.82, 2.24) is 0 Å². The van der Waals surface area contributed by atoms with Crippen molar-refractivity contribution in [2.24, 2.45) is 5.92 Å². The van der Waals surface area contributed by atoms with Gasteiger partial charge in [0.1, 0.15) is 0 Å². The van der Waals surface area contributed by atoms with Crippen LogP contribution in [0.25, 0.3) is 0 Å². The third-order valence-corrected chi connectivity index (χ3v) is 3.25. The molecule has 3 nitrogen and oxygen atoms in total. The van der Waals surface area contributed by atoms with Gasteiger partial charge in [0.25, 0.3) is 0 Å². The van der Waals surface area contributed by atoms with Crippen molar-refractivity contribution in [3.63, 3.8) is 0 Å². The molecule has 0 heterocycles. The Hall–Kier alpha value is -0.620.